The Labute approximate surface area is 158 Å². The number of piperidine rings is 1. The van der Waals surface area contributed by atoms with E-state index >= 15 is 0 Å². The van der Waals surface area contributed by atoms with Crippen molar-refractivity contribution in [3.63, 3.8) is 0 Å². The Balaban J connectivity index is 1.38. The molecule has 2 aliphatic heterocycles. The Bertz CT molecular complexity index is 800. The Kier molecular flexibility index (Phi) is 3.94. The molecular weight excluding hydrogens is 344 g/mol. The average Bonchev–Trinajstić information content (AvgIpc) is 3.11. The van der Waals surface area contributed by atoms with Gasteiger partial charge in [-0.1, -0.05) is 0 Å². The first-order valence-corrected chi connectivity index (χ1v) is 10.6. The summed E-state index contributed by atoms with van der Waals surface area (Å²) in [5.74, 6) is 0.918. The van der Waals surface area contributed by atoms with Gasteiger partial charge in [-0.2, -0.15) is 16.4 Å². The fraction of sp³-hybridized carbons (Fsp3) is 0.600. The van der Waals surface area contributed by atoms with E-state index in [1.54, 1.807) is 11.3 Å². The molecule has 5 rings (SSSR count). The molecule has 1 spiro atoms. The number of thiophene rings is 1. The van der Waals surface area contributed by atoms with E-state index in [9.17, 15) is 4.79 Å². The molecule has 1 saturated carbocycles. The van der Waals surface area contributed by atoms with Crippen molar-refractivity contribution >= 4 is 17.2 Å². The minimum atomic E-state index is 0.0396. The summed E-state index contributed by atoms with van der Waals surface area (Å²) in [5.41, 5.74) is 3.39. The average molecular weight is 371 g/mol. The summed E-state index contributed by atoms with van der Waals surface area (Å²) in [6.45, 7) is 4.98. The first kappa shape index (κ1) is 16.5. The Hall–Kier alpha value is -1.66. The molecule has 1 saturated heterocycles. The van der Waals surface area contributed by atoms with Crippen molar-refractivity contribution in [1.29, 1.82) is 0 Å². The molecule has 4 heterocycles. The van der Waals surface area contributed by atoms with E-state index in [0.717, 1.165) is 62.7 Å². The maximum Gasteiger partial charge on any atom is 0.257 e. The molecule has 2 aromatic heterocycles. The van der Waals surface area contributed by atoms with Crippen LogP contribution in [0.25, 0.3) is 0 Å². The highest BCUT2D eigenvalue weighted by atomic mass is 32.1. The summed E-state index contributed by atoms with van der Waals surface area (Å²) in [6, 6.07) is 2.22. The standard InChI is InChI=1S/C20H26N4OS/c1-22-14-20(5-7-23(8-6-20)10-16-4-9-26-13-16)18-17(19(22)25)12-24(21-18)11-15-2-3-15/h4,9,12-13,15H,2-3,5-8,10-11,14H2,1H3. The van der Waals surface area contributed by atoms with Crippen LogP contribution in [0.5, 0.6) is 0 Å². The predicted octanol–water partition coefficient (Wildman–Crippen LogP) is 2.97. The Morgan fingerprint density at radius 2 is 2.12 bits per heavy atom. The predicted molar refractivity (Wildman–Crippen MR) is 102 cm³/mol. The van der Waals surface area contributed by atoms with Gasteiger partial charge >= 0.3 is 0 Å². The van der Waals surface area contributed by atoms with Gasteiger partial charge in [0.25, 0.3) is 5.91 Å². The zero-order chi connectivity index (χ0) is 17.7. The first-order valence-electron chi connectivity index (χ1n) is 9.70. The second-order valence-corrected chi connectivity index (χ2v) is 9.19. The third kappa shape index (κ3) is 2.89. The summed E-state index contributed by atoms with van der Waals surface area (Å²) >= 11 is 1.77. The normalized spacial score (nSPS) is 22.8. The van der Waals surface area contributed by atoms with Crippen molar-refractivity contribution in [2.24, 2.45) is 5.92 Å². The lowest BCUT2D eigenvalue weighted by atomic mass is 9.72. The van der Waals surface area contributed by atoms with Gasteiger partial charge in [-0.05, 0) is 67.1 Å². The smallest absolute Gasteiger partial charge is 0.257 e. The van der Waals surface area contributed by atoms with Crippen LogP contribution in [0.4, 0.5) is 0 Å². The number of nitrogens with zero attached hydrogens (tertiary/aromatic N) is 4. The molecule has 2 fully saturated rings. The molecule has 6 heteroatoms. The third-order valence-corrected chi connectivity index (χ3v) is 7.05. The van der Waals surface area contributed by atoms with Crippen LogP contribution in [0.3, 0.4) is 0 Å². The molecule has 0 aromatic carbocycles. The molecule has 0 atom stereocenters. The van der Waals surface area contributed by atoms with Gasteiger partial charge in [0.05, 0.1) is 11.3 Å². The van der Waals surface area contributed by atoms with E-state index in [1.165, 1.54) is 18.4 Å². The second-order valence-electron chi connectivity index (χ2n) is 8.41. The van der Waals surface area contributed by atoms with Crippen LogP contribution < -0.4 is 0 Å². The Morgan fingerprint density at radius 1 is 1.31 bits per heavy atom. The van der Waals surface area contributed by atoms with Crippen molar-refractivity contribution in [2.75, 3.05) is 26.7 Å². The highest BCUT2D eigenvalue weighted by Crippen LogP contribution is 2.41. The van der Waals surface area contributed by atoms with Gasteiger partial charge in [-0.15, -0.1) is 0 Å². The van der Waals surface area contributed by atoms with Gasteiger partial charge in [0.2, 0.25) is 0 Å². The SMILES string of the molecule is CN1CC2(CCN(Cc3ccsc3)CC2)c2nn(CC3CC3)cc2C1=O. The zero-order valence-corrected chi connectivity index (χ0v) is 16.2. The number of hydrogen-bond donors (Lipinski definition) is 0. The van der Waals surface area contributed by atoms with E-state index in [0.29, 0.717) is 0 Å². The summed E-state index contributed by atoms with van der Waals surface area (Å²) in [7, 11) is 1.95. The van der Waals surface area contributed by atoms with Crippen molar-refractivity contribution in [1.82, 2.24) is 19.6 Å². The molecule has 0 N–H and O–H groups in total. The number of carbonyl (C=O) groups excluding carboxylic acids is 1. The molecule has 138 valence electrons. The number of rotatable bonds is 4. The van der Waals surface area contributed by atoms with Crippen LogP contribution in [0.1, 0.15) is 47.3 Å². The Morgan fingerprint density at radius 3 is 2.81 bits per heavy atom. The van der Waals surface area contributed by atoms with Crippen molar-refractivity contribution in [3.8, 4) is 0 Å². The van der Waals surface area contributed by atoms with Gasteiger partial charge in [-0.25, -0.2) is 0 Å². The van der Waals surface area contributed by atoms with Gasteiger partial charge in [-0.3, -0.25) is 14.4 Å². The lowest BCUT2D eigenvalue weighted by molar-refractivity contribution is 0.0628. The maximum atomic E-state index is 12.7. The second kappa shape index (κ2) is 6.20. The molecule has 2 aromatic rings. The van der Waals surface area contributed by atoms with Gasteiger partial charge in [0, 0.05) is 38.3 Å². The molecule has 1 amide bonds. The fourth-order valence-electron chi connectivity index (χ4n) is 4.61. The van der Waals surface area contributed by atoms with E-state index in [4.69, 9.17) is 5.10 Å². The number of likely N-dealkylation sites (tertiary alicyclic amines) is 1. The molecule has 5 nitrogen and oxygen atoms in total. The number of amides is 1. The van der Waals surface area contributed by atoms with Crippen LogP contribution in [-0.2, 0) is 18.5 Å². The number of hydrogen-bond acceptors (Lipinski definition) is 4. The van der Waals surface area contributed by atoms with E-state index in [-0.39, 0.29) is 11.3 Å². The van der Waals surface area contributed by atoms with Gasteiger partial charge in [0.1, 0.15) is 0 Å². The largest absolute Gasteiger partial charge is 0.341 e. The first-order chi connectivity index (χ1) is 12.6. The van der Waals surface area contributed by atoms with Crippen LogP contribution in [0, 0.1) is 5.92 Å². The summed E-state index contributed by atoms with van der Waals surface area (Å²) < 4.78 is 2.05. The summed E-state index contributed by atoms with van der Waals surface area (Å²) in [5, 5.41) is 9.34. The third-order valence-electron chi connectivity index (χ3n) is 6.32. The maximum absolute atomic E-state index is 12.7. The van der Waals surface area contributed by atoms with Crippen LogP contribution in [0.2, 0.25) is 0 Å². The number of aromatic nitrogens is 2. The van der Waals surface area contributed by atoms with Crippen LogP contribution in [0.15, 0.2) is 23.0 Å². The zero-order valence-electron chi connectivity index (χ0n) is 15.4. The molecule has 1 aliphatic carbocycles. The van der Waals surface area contributed by atoms with Crippen molar-refractivity contribution in [2.45, 2.75) is 44.2 Å². The van der Waals surface area contributed by atoms with Crippen LogP contribution >= 0.6 is 11.3 Å². The lowest BCUT2D eigenvalue weighted by Crippen LogP contribution is -2.53. The highest BCUT2D eigenvalue weighted by Gasteiger charge is 2.46. The summed E-state index contributed by atoms with van der Waals surface area (Å²) in [6.07, 6.45) is 6.80. The minimum absolute atomic E-state index is 0.0396. The molecule has 0 bridgehead atoms. The number of fused-ring (bicyclic) bond motifs is 2. The van der Waals surface area contributed by atoms with Gasteiger partial charge < -0.3 is 4.90 Å². The topological polar surface area (TPSA) is 41.4 Å². The highest BCUT2D eigenvalue weighted by molar-refractivity contribution is 7.07. The number of likely N-dealkylation sites (N-methyl/N-ethyl adjacent to an activating group) is 1. The lowest BCUT2D eigenvalue weighted by Gasteiger charge is -2.45. The monoisotopic (exact) mass is 370 g/mol. The quantitative estimate of drug-likeness (QED) is 0.831. The van der Waals surface area contributed by atoms with E-state index in [2.05, 4.69) is 26.4 Å². The summed E-state index contributed by atoms with van der Waals surface area (Å²) in [4.78, 5) is 17.2. The minimum Gasteiger partial charge on any atom is -0.341 e. The fourth-order valence-corrected chi connectivity index (χ4v) is 5.27. The van der Waals surface area contributed by atoms with Gasteiger partial charge in [0.15, 0.2) is 0 Å². The van der Waals surface area contributed by atoms with E-state index < -0.39 is 0 Å². The molecule has 26 heavy (non-hydrogen) atoms. The molecule has 0 unspecified atom stereocenters. The van der Waals surface area contributed by atoms with E-state index in [1.807, 2.05) is 18.1 Å². The number of carbonyl (C=O) groups is 1. The van der Waals surface area contributed by atoms with Crippen molar-refractivity contribution in [3.05, 3.63) is 39.8 Å². The molecular formula is C20H26N4OS. The van der Waals surface area contributed by atoms with Crippen LogP contribution in [-0.4, -0.2) is 52.2 Å². The molecule has 0 radical (unpaired) electrons. The molecule has 3 aliphatic rings. The van der Waals surface area contributed by atoms with Crippen molar-refractivity contribution < 1.29 is 4.79 Å².